The van der Waals surface area contributed by atoms with Gasteiger partial charge in [-0.3, -0.25) is 0 Å². The van der Waals surface area contributed by atoms with Crippen LogP contribution in [0.4, 0.5) is 15.3 Å². The molecule has 0 spiro atoms. The topological polar surface area (TPSA) is 70.7 Å². The molecule has 0 radical (unpaired) electrons. The van der Waals surface area contributed by atoms with Gasteiger partial charge in [-0.25, -0.2) is 9.59 Å². The average Bonchev–Trinajstić information content (AvgIpc) is 2.50. The number of nitrogens with zero attached hydrogens (tertiary/aromatic N) is 1. The molecule has 1 atom stereocenters. The first-order chi connectivity index (χ1) is 12.0. The number of hydrogen-bond acceptors (Lipinski definition) is 3. The molecule has 26 heavy (non-hydrogen) atoms. The van der Waals surface area contributed by atoms with Gasteiger partial charge in [-0.1, -0.05) is 11.6 Å². The van der Waals surface area contributed by atoms with Gasteiger partial charge in [0.2, 0.25) is 0 Å². The summed E-state index contributed by atoms with van der Waals surface area (Å²) in [5.41, 5.74) is 1.04. The highest BCUT2D eigenvalue weighted by Gasteiger charge is 2.27. The monoisotopic (exact) mass is 445 g/mol. The second-order valence-electron chi connectivity index (χ2n) is 7.44. The van der Waals surface area contributed by atoms with E-state index < -0.39 is 11.7 Å². The number of benzene rings is 1. The van der Waals surface area contributed by atoms with Gasteiger partial charge in [0.1, 0.15) is 5.60 Å². The first-order valence-electron chi connectivity index (χ1n) is 8.56. The van der Waals surface area contributed by atoms with E-state index in [0.717, 1.165) is 22.9 Å². The molecule has 1 aliphatic rings. The van der Waals surface area contributed by atoms with Gasteiger partial charge < -0.3 is 20.3 Å². The molecule has 0 bridgehead atoms. The summed E-state index contributed by atoms with van der Waals surface area (Å²) >= 11 is 9.48. The lowest BCUT2D eigenvalue weighted by Gasteiger charge is -2.33. The molecular weight excluding hydrogens is 422 g/mol. The molecule has 0 unspecified atom stereocenters. The lowest BCUT2D eigenvalue weighted by molar-refractivity contribution is 0.0480. The summed E-state index contributed by atoms with van der Waals surface area (Å²) in [6, 6.07) is 3.25. The van der Waals surface area contributed by atoms with Crippen molar-refractivity contribution in [3.8, 4) is 0 Å². The van der Waals surface area contributed by atoms with Crippen LogP contribution in [-0.4, -0.2) is 41.8 Å². The number of anilines is 1. The molecule has 1 heterocycles. The number of urea groups is 1. The maximum atomic E-state index is 12.6. The number of halogens is 2. The fourth-order valence-corrected chi connectivity index (χ4v) is 3.35. The Labute approximate surface area is 167 Å². The Hall–Kier alpha value is -1.47. The van der Waals surface area contributed by atoms with E-state index in [9.17, 15) is 9.59 Å². The quantitative estimate of drug-likeness (QED) is 0.676. The number of nitrogens with one attached hydrogen (secondary N) is 2. The number of carbonyl (C=O) groups is 2. The summed E-state index contributed by atoms with van der Waals surface area (Å²) in [6.45, 7) is 8.44. The molecule has 1 aromatic rings. The van der Waals surface area contributed by atoms with Gasteiger partial charge in [0, 0.05) is 29.3 Å². The van der Waals surface area contributed by atoms with Crippen molar-refractivity contribution in [2.75, 3.05) is 18.4 Å². The highest BCUT2D eigenvalue weighted by molar-refractivity contribution is 9.10. The van der Waals surface area contributed by atoms with Crippen LogP contribution in [-0.2, 0) is 4.74 Å². The maximum Gasteiger partial charge on any atom is 0.407 e. The minimum Gasteiger partial charge on any atom is -0.444 e. The Morgan fingerprint density at radius 2 is 2.04 bits per heavy atom. The fourth-order valence-electron chi connectivity index (χ4n) is 2.73. The third-order valence-electron chi connectivity index (χ3n) is 3.94. The molecule has 8 heteroatoms. The number of aryl methyl sites for hydroxylation is 1. The van der Waals surface area contributed by atoms with Crippen LogP contribution in [0.5, 0.6) is 0 Å². The van der Waals surface area contributed by atoms with E-state index in [1.807, 2.05) is 33.8 Å². The smallest absolute Gasteiger partial charge is 0.407 e. The molecule has 6 nitrogen and oxygen atoms in total. The van der Waals surface area contributed by atoms with Crippen molar-refractivity contribution in [1.82, 2.24) is 10.2 Å². The summed E-state index contributed by atoms with van der Waals surface area (Å²) < 4.78 is 6.07. The Bertz CT molecular complexity index is 691. The Morgan fingerprint density at radius 3 is 2.69 bits per heavy atom. The molecule has 3 amide bonds. The number of hydrogen-bond donors (Lipinski definition) is 2. The minimum atomic E-state index is -0.547. The molecule has 1 saturated heterocycles. The molecule has 2 N–H and O–H groups in total. The first kappa shape index (κ1) is 20.8. The molecule has 144 valence electrons. The first-order valence-corrected chi connectivity index (χ1v) is 9.73. The zero-order chi connectivity index (χ0) is 19.5. The normalized spacial score (nSPS) is 17.6. The van der Waals surface area contributed by atoms with Crippen molar-refractivity contribution in [2.45, 2.75) is 52.2 Å². The second kappa shape index (κ2) is 8.48. The van der Waals surface area contributed by atoms with Gasteiger partial charge in [-0.2, -0.15) is 0 Å². The Morgan fingerprint density at radius 1 is 1.35 bits per heavy atom. The van der Waals surface area contributed by atoms with Crippen LogP contribution in [0.3, 0.4) is 0 Å². The summed E-state index contributed by atoms with van der Waals surface area (Å²) in [7, 11) is 0. The van der Waals surface area contributed by atoms with E-state index in [1.54, 1.807) is 11.0 Å². The third kappa shape index (κ3) is 6.06. The highest BCUT2D eigenvalue weighted by atomic mass is 79.9. The summed E-state index contributed by atoms with van der Waals surface area (Å²) in [5.74, 6) is 0. The van der Waals surface area contributed by atoms with Gasteiger partial charge in [0.15, 0.2) is 0 Å². The van der Waals surface area contributed by atoms with Crippen molar-refractivity contribution in [1.29, 1.82) is 0 Å². The van der Waals surface area contributed by atoms with E-state index >= 15 is 0 Å². The number of alkyl carbamates (subject to hydrolysis) is 1. The lowest BCUT2D eigenvalue weighted by Crippen LogP contribution is -2.51. The van der Waals surface area contributed by atoms with Crippen LogP contribution >= 0.6 is 27.5 Å². The predicted molar refractivity (Wildman–Crippen MR) is 107 cm³/mol. The van der Waals surface area contributed by atoms with Crippen LogP contribution < -0.4 is 10.6 Å². The van der Waals surface area contributed by atoms with Crippen molar-refractivity contribution in [3.63, 3.8) is 0 Å². The van der Waals surface area contributed by atoms with Crippen LogP contribution in [0.1, 0.15) is 39.2 Å². The fraction of sp³-hybridized carbons (Fsp3) is 0.556. The van der Waals surface area contributed by atoms with Crippen LogP contribution in [0.15, 0.2) is 16.6 Å². The van der Waals surface area contributed by atoms with Crippen LogP contribution in [0.2, 0.25) is 5.02 Å². The molecular formula is C18H25BrClN3O3. The molecule has 2 rings (SSSR count). The Kier molecular flexibility index (Phi) is 6.80. The average molecular weight is 447 g/mol. The summed E-state index contributed by atoms with van der Waals surface area (Å²) in [4.78, 5) is 26.2. The highest BCUT2D eigenvalue weighted by Crippen LogP contribution is 2.29. The molecule has 0 aromatic heterocycles. The largest absolute Gasteiger partial charge is 0.444 e. The SMILES string of the molecule is Cc1cc(Br)c(Cl)cc1NC(=O)N1CCC[C@H](NC(=O)OC(C)(C)C)C1. The molecule has 1 aromatic carbocycles. The van der Waals surface area contributed by atoms with Crippen LogP contribution in [0, 0.1) is 6.92 Å². The van der Waals surface area contributed by atoms with Gasteiger partial charge in [-0.05, 0) is 74.2 Å². The number of rotatable bonds is 2. The Balaban J connectivity index is 1.95. The molecule has 0 aliphatic carbocycles. The van der Waals surface area contributed by atoms with Gasteiger partial charge in [0.25, 0.3) is 0 Å². The van der Waals surface area contributed by atoms with Crippen molar-refractivity contribution in [3.05, 3.63) is 27.2 Å². The standard InChI is InChI=1S/C18H25BrClN3O3/c1-11-8-13(19)14(20)9-15(11)22-16(24)23-7-5-6-12(10-23)21-17(25)26-18(2,3)4/h8-9,12H,5-7,10H2,1-4H3,(H,21,25)(H,22,24)/t12-/m0/s1. The second-order valence-corrected chi connectivity index (χ2v) is 8.70. The zero-order valence-corrected chi connectivity index (χ0v) is 17.8. The third-order valence-corrected chi connectivity index (χ3v) is 5.14. The van der Waals surface area contributed by atoms with E-state index in [4.69, 9.17) is 16.3 Å². The van der Waals surface area contributed by atoms with Crippen molar-refractivity contribution < 1.29 is 14.3 Å². The van der Waals surface area contributed by atoms with Gasteiger partial charge >= 0.3 is 12.1 Å². The number of piperidine rings is 1. The summed E-state index contributed by atoms with van der Waals surface area (Å²) in [6.07, 6.45) is 1.17. The zero-order valence-electron chi connectivity index (χ0n) is 15.5. The van der Waals surface area contributed by atoms with Gasteiger partial charge in [0.05, 0.1) is 5.02 Å². The number of likely N-dealkylation sites (tertiary alicyclic amines) is 1. The van der Waals surface area contributed by atoms with E-state index in [-0.39, 0.29) is 12.1 Å². The number of amides is 3. The lowest BCUT2D eigenvalue weighted by atomic mass is 10.1. The van der Waals surface area contributed by atoms with Crippen LogP contribution in [0.25, 0.3) is 0 Å². The predicted octanol–water partition coefficient (Wildman–Crippen LogP) is 4.93. The number of carbonyl (C=O) groups excluding carboxylic acids is 2. The maximum absolute atomic E-state index is 12.6. The number of ether oxygens (including phenoxy) is 1. The summed E-state index contributed by atoms with van der Waals surface area (Å²) in [5, 5.41) is 6.28. The van der Waals surface area contributed by atoms with E-state index in [1.165, 1.54) is 0 Å². The van der Waals surface area contributed by atoms with Crippen molar-refractivity contribution in [2.24, 2.45) is 0 Å². The molecule has 0 saturated carbocycles. The molecule has 1 fully saturated rings. The van der Waals surface area contributed by atoms with Gasteiger partial charge in [-0.15, -0.1) is 0 Å². The minimum absolute atomic E-state index is 0.126. The van der Waals surface area contributed by atoms with Crippen molar-refractivity contribution >= 4 is 45.3 Å². The van der Waals surface area contributed by atoms with E-state index in [0.29, 0.717) is 23.8 Å². The molecule has 1 aliphatic heterocycles. The van der Waals surface area contributed by atoms with E-state index in [2.05, 4.69) is 26.6 Å².